The van der Waals surface area contributed by atoms with Gasteiger partial charge in [-0.05, 0) is 19.3 Å². The van der Waals surface area contributed by atoms with Gasteiger partial charge in [0.2, 0.25) is 0 Å². The van der Waals surface area contributed by atoms with E-state index in [1.54, 1.807) is 0 Å². The van der Waals surface area contributed by atoms with Gasteiger partial charge in [-0.1, -0.05) is 0 Å². The van der Waals surface area contributed by atoms with Crippen LogP contribution in [-0.4, -0.2) is 12.3 Å². The van der Waals surface area contributed by atoms with Gasteiger partial charge in [-0.15, -0.1) is 0 Å². The van der Waals surface area contributed by atoms with Crippen LogP contribution in [0.2, 0.25) is 0 Å². The Morgan fingerprint density at radius 2 is 2.25 bits per heavy atom. The zero-order chi connectivity index (χ0) is 5.98. The standard InChI is InChI=1S/C6H11NO/c7-6-2-1-5(3-6)4-8/h4-6H,1-3,7H2/t5?,6-/m0/s1. The monoisotopic (exact) mass is 113 g/mol. The molecule has 1 aliphatic carbocycles. The van der Waals surface area contributed by atoms with Crippen molar-refractivity contribution in [2.24, 2.45) is 11.7 Å². The lowest BCUT2D eigenvalue weighted by atomic mass is 10.1. The van der Waals surface area contributed by atoms with Crippen molar-refractivity contribution in [1.29, 1.82) is 0 Å². The molecule has 0 heterocycles. The molecular formula is C6H11NO. The highest BCUT2D eigenvalue weighted by Gasteiger charge is 2.20. The molecule has 1 unspecified atom stereocenters. The van der Waals surface area contributed by atoms with E-state index in [0.29, 0.717) is 6.04 Å². The van der Waals surface area contributed by atoms with Crippen molar-refractivity contribution in [2.45, 2.75) is 25.3 Å². The molecule has 2 heteroatoms. The molecule has 0 aliphatic heterocycles. The Balaban J connectivity index is 2.32. The number of carbonyl (C=O) groups excluding carboxylic acids is 1. The second-order valence-corrected chi connectivity index (χ2v) is 2.47. The second kappa shape index (κ2) is 2.27. The summed E-state index contributed by atoms with van der Waals surface area (Å²) in [5, 5.41) is 0. The van der Waals surface area contributed by atoms with E-state index in [4.69, 9.17) is 5.73 Å². The fourth-order valence-corrected chi connectivity index (χ4v) is 1.18. The van der Waals surface area contributed by atoms with Crippen LogP contribution < -0.4 is 5.73 Å². The van der Waals surface area contributed by atoms with Crippen molar-refractivity contribution in [1.82, 2.24) is 0 Å². The van der Waals surface area contributed by atoms with Gasteiger partial charge in [0.15, 0.2) is 0 Å². The van der Waals surface area contributed by atoms with Crippen LogP contribution in [0.4, 0.5) is 0 Å². The third kappa shape index (κ3) is 1.07. The van der Waals surface area contributed by atoms with E-state index in [1.165, 1.54) is 0 Å². The maximum Gasteiger partial charge on any atom is 0.123 e. The summed E-state index contributed by atoms with van der Waals surface area (Å²) >= 11 is 0. The van der Waals surface area contributed by atoms with Crippen LogP contribution in [0.15, 0.2) is 0 Å². The Morgan fingerprint density at radius 1 is 1.50 bits per heavy atom. The summed E-state index contributed by atoms with van der Waals surface area (Å²) in [7, 11) is 0. The molecule has 1 saturated carbocycles. The van der Waals surface area contributed by atoms with Crippen molar-refractivity contribution in [3.8, 4) is 0 Å². The average Bonchev–Trinajstić information content (AvgIpc) is 2.14. The van der Waals surface area contributed by atoms with Crippen LogP contribution in [0.25, 0.3) is 0 Å². The second-order valence-electron chi connectivity index (χ2n) is 2.47. The minimum atomic E-state index is 0.269. The van der Waals surface area contributed by atoms with E-state index in [2.05, 4.69) is 0 Å². The van der Waals surface area contributed by atoms with Gasteiger partial charge in [0.1, 0.15) is 6.29 Å². The molecule has 2 atom stereocenters. The van der Waals surface area contributed by atoms with Crippen LogP contribution in [0.3, 0.4) is 0 Å². The van der Waals surface area contributed by atoms with Crippen LogP contribution >= 0.6 is 0 Å². The lowest BCUT2D eigenvalue weighted by Crippen LogP contribution is -2.14. The summed E-state index contributed by atoms with van der Waals surface area (Å²) < 4.78 is 0. The van der Waals surface area contributed by atoms with E-state index in [0.717, 1.165) is 25.5 Å². The lowest BCUT2D eigenvalue weighted by Gasteiger charge is -1.96. The summed E-state index contributed by atoms with van der Waals surface area (Å²) in [6.45, 7) is 0. The highest BCUT2D eigenvalue weighted by molar-refractivity contribution is 5.54. The molecule has 2 nitrogen and oxygen atoms in total. The SMILES string of the molecule is N[C@H]1CCC(C=O)C1. The first-order chi connectivity index (χ1) is 3.83. The molecule has 1 rings (SSSR count). The summed E-state index contributed by atoms with van der Waals surface area (Å²) in [5.74, 6) is 0.269. The van der Waals surface area contributed by atoms with Gasteiger partial charge in [0, 0.05) is 12.0 Å². The van der Waals surface area contributed by atoms with E-state index >= 15 is 0 Å². The third-order valence-corrected chi connectivity index (χ3v) is 1.71. The number of aldehydes is 1. The quantitative estimate of drug-likeness (QED) is 0.497. The Kier molecular flexibility index (Phi) is 1.63. The van der Waals surface area contributed by atoms with Gasteiger partial charge >= 0.3 is 0 Å². The topological polar surface area (TPSA) is 43.1 Å². The van der Waals surface area contributed by atoms with Crippen molar-refractivity contribution in [2.75, 3.05) is 0 Å². The molecule has 0 saturated heterocycles. The van der Waals surface area contributed by atoms with Gasteiger partial charge in [-0.25, -0.2) is 0 Å². The molecule has 0 aromatic rings. The van der Waals surface area contributed by atoms with E-state index in [-0.39, 0.29) is 5.92 Å². The normalized spacial score (nSPS) is 37.6. The van der Waals surface area contributed by atoms with E-state index in [1.807, 2.05) is 0 Å². The van der Waals surface area contributed by atoms with Gasteiger partial charge in [0.05, 0.1) is 0 Å². The van der Waals surface area contributed by atoms with Crippen LogP contribution in [0.1, 0.15) is 19.3 Å². The molecule has 0 spiro atoms. The first-order valence-corrected chi connectivity index (χ1v) is 3.04. The predicted octanol–water partition coefficient (Wildman–Crippen LogP) is 0.313. The highest BCUT2D eigenvalue weighted by atomic mass is 16.1. The zero-order valence-corrected chi connectivity index (χ0v) is 4.84. The molecular weight excluding hydrogens is 102 g/mol. The Morgan fingerprint density at radius 3 is 2.50 bits per heavy atom. The highest BCUT2D eigenvalue weighted by Crippen LogP contribution is 2.21. The van der Waals surface area contributed by atoms with Crippen molar-refractivity contribution < 1.29 is 4.79 Å². The van der Waals surface area contributed by atoms with E-state index in [9.17, 15) is 4.79 Å². The summed E-state index contributed by atoms with van der Waals surface area (Å²) in [5.41, 5.74) is 5.54. The predicted molar refractivity (Wildman–Crippen MR) is 31.4 cm³/mol. The minimum absolute atomic E-state index is 0.269. The molecule has 1 fully saturated rings. The fourth-order valence-electron chi connectivity index (χ4n) is 1.18. The molecule has 0 aromatic heterocycles. The number of hydrogen-bond donors (Lipinski definition) is 1. The van der Waals surface area contributed by atoms with Gasteiger partial charge < -0.3 is 10.5 Å². The van der Waals surface area contributed by atoms with Crippen molar-refractivity contribution in [3.05, 3.63) is 0 Å². The summed E-state index contributed by atoms with van der Waals surface area (Å²) in [6.07, 6.45) is 3.96. The molecule has 0 amide bonds. The maximum absolute atomic E-state index is 10.1. The van der Waals surface area contributed by atoms with Gasteiger partial charge in [-0.2, -0.15) is 0 Å². The number of rotatable bonds is 1. The summed E-state index contributed by atoms with van der Waals surface area (Å²) in [4.78, 5) is 10.1. The molecule has 0 bridgehead atoms. The molecule has 8 heavy (non-hydrogen) atoms. The van der Waals surface area contributed by atoms with E-state index < -0.39 is 0 Å². The third-order valence-electron chi connectivity index (χ3n) is 1.71. The van der Waals surface area contributed by atoms with Crippen molar-refractivity contribution in [3.63, 3.8) is 0 Å². The molecule has 0 aromatic carbocycles. The van der Waals surface area contributed by atoms with Crippen LogP contribution in [0, 0.1) is 5.92 Å². The number of carbonyl (C=O) groups is 1. The molecule has 46 valence electrons. The fraction of sp³-hybridized carbons (Fsp3) is 0.833. The number of hydrogen-bond acceptors (Lipinski definition) is 2. The van der Waals surface area contributed by atoms with Crippen LogP contribution in [-0.2, 0) is 4.79 Å². The maximum atomic E-state index is 10.1. The van der Waals surface area contributed by atoms with Gasteiger partial charge in [-0.3, -0.25) is 0 Å². The first kappa shape index (κ1) is 5.76. The molecule has 0 radical (unpaired) electrons. The number of nitrogens with two attached hydrogens (primary N) is 1. The van der Waals surface area contributed by atoms with Crippen molar-refractivity contribution >= 4 is 6.29 Å². The largest absolute Gasteiger partial charge is 0.328 e. The Labute approximate surface area is 49.1 Å². The Bertz CT molecular complexity index is 92.5. The van der Waals surface area contributed by atoms with Crippen LogP contribution in [0.5, 0.6) is 0 Å². The smallest absolute Gasteiger partial charge is 0.123 e. The summed E-state index contributed by atoms with van der Waals surface area (Å²) in [6, 6.07) is 0.296. The average molecular weight is 113 g/mol. The molecule has 2 N–H and O–H groups in total. The lowest BCUT2D eigenvalue weighted by molar-refractivity contribution is -0.110. The molecule has 1 aliphatic rings. The zero-order valence-electron chi connectivity index (χ0n) is 4.84. The minimum Gasteiger partial charge on any atom is -0.328 e. The Hall–Kier alpha value is -0.370. The first-order valence-electron chi connectivity index (χ1n) is 3.04. The van der Waals surface area contributed by atoms with Gasteiger partial charge in [0.25, 0.3) is 0 Å².